The van der Waals surface area contributed by atoms with Crippen LogP contribution in [-0.2, 0) is 4.79 Å². The van der Waals surface area contributed by atoms with Gasteiger partial charge in [0.15, 0.2) is 5.78 Å². The van der Waals surface area contributed by atoms with E-state index in [1.807, 2.05) is 22.9 Å². The average Bonchev–Trinajstić information content (AvgIpc) is 3.00. The third-order valence-electron chi connectivity index (χ3n) is 4.25. The monoisotopic (exact) mass is 330 g/mol. The van der Waals surface area contributed by atoms with Crippen LogP contribution in [0.2, 0.25) is 0 Å². The Kier molecular flexibility index (Phi) is 3.67. The molecule has 4 rings (SSSR count). The maximum Gasteiger partial charge on any atom is 0.185 e. The molecule has 0 aromatic carbocycles. The van der Waals surface area contributed by atoms with Crippen LogP contribution in [0.25, 0.3) is 12.2 Å². The van der Waals surface area contributed by atoms with Gasteiger partial charge in [0, 0.05) is 21.9 Å². The Bertz CT molecular complexity index is 730. The predicted molar refractivity (Wildman–Crippen MR) is 86.2 cm³/mol. The first kappa shape index (κ1) is 13.9. The molecule has 5 nitrogen and oxygen atoms in total. The molecule has 2 heterocycles. The summed E-state index contributed by atoms with van der Waals surface area (Å²) in [6.45, 7) is 0. The maximum absolute atomic E-state index is 12.9. The number of carbonyl (C=O) groups is 1. The number of nitrogens with zero attached hydrogens (tertiary/aromatic N) is 4. The molecule has 0 bridgehead atoms. The van der Waals surface area contributed by atoms with Crippen LogP contribution in [-0.4, -0.2) is 25.0 Å². The molecule has 0 aliphatic heterocycles. The standard InChI is InChI=1S/C15H14N4OS2/c20-15-10(5-11-7-21-18-16-11)3-4-13(9-1-2-9)14(15)6-12-8-22-19-17-12/h5-9,13H,1-4H2/b10-5+,14-6-/t13-/m1/s1. The highest BCUT2D eigenvalue weighted by Gasteiger charge is 2.39. The second-order valence-electron chi connectivity index (χ2n) is 5.74. The molecule has 2 saturated carbocycles. The zero-order chi connectivity index (χ0) is 14.9. The molecule has 1 atom stereocenters. The molecule has 0 spiro atoms. The zero-order valence-corrected chi connectivity index (χ0v) is 13.4. The second kappa shape index (κ2) is 5.81. The fraction of sp³-hybridized carbons (Fsp3) is 0.400. The van der Waals surface area contributed by atoms with Gasteiger partial charge in [0.1, 0.15) is 0 Å². The van der Waals surface area contributed by atoms with Crippen molar-refractivity contribution >= 4 is 41.0 Å². The van der Waals surface area contributed by atoms with Crippen molar-refractivity contribution in [3.05, 3.63) is 33.3 Å². The van der Waals surface area contributed by atoms with Crippen molar-refractivity contribution in [2.75, 3.05) is 0 Å². The van der Waals surface area contributed by atoms with Crippen molar-refractivity contribution in [2.24, 2.45) is 11.8 Å². The summed E-state index contributed by atoms with van der Waals surface area (Å²) in [6.07, 6.45) is 8.13. The van der Waals surface area contributed by atoms with Crippen LogP contribution in [0.4, 0.5) is 0 Å². The fourth-order valence-corrected chi connectivity index (χ4v) is 3.86. The molecule has 112 valence electrons. The van der Waals surface area contributed by atoms with Crippen LogP contribution >= 0.6 is 23.1 Å². The Morgan fingerprint density at radius 1 is 1.00 bits per heavy atom. The molecule has 7 heteroatoms. The summed E-state index contributed by atoms with van der Waals surface area (Å²) in [5, 5.41) is 11.8. The summed E-state index contributed by atoms with van der Waals surface area (Å²) in [5.41, 5.74) is 3.29. The molecular weight excluding hydrogens is 316 g/mol. The largest absolute Gasteiger partial charge is 0.289 e. The topological polar surface area (TPSA) is 68.6 Å². The lowest BCUT2D eigenvalue weighted by Gasteiger charge is -2.26. The molecular formula is C15H14N4OS2. The Hall–Kier alpha value is -1.73. The van der Waals surface area contributed by atoms with E-state index in [9.17, 15) is 4.79 Å². The van der Waals surface area contributed by atoms with E-state index in [0.717, 1.165) is 35.4 Å². The van der Waals surface area contributed by atoms with Gasteiger partial charge in [0.05, 0.1) is 11.4 Å². The molecule has 0 radical (unpaired) electrons. The number of rotatable bonds is 3. The highest BCUT2D eigenvalue weighted by molar-refractivity contribution is 7.03. The lowest BCUT2D eigenvalue weighted by atomic mass is 9.77. The van der Waals surface area contributed by atoms with Crippen molar-refractivity contribution in [1.29, 1.82) is 0 Å². The quantitative estimate of drug-likeness (QED) is 0.808. The van der Waals surface area contributed by atoms with Crippen molar-refractivity contribution < 1.29 is 4.79 Å². The fourth-order valence-electron chi connectivity index (χ4n) is 3.04. The number of hydrogen-bond donors (Lipinski definition) is 0. The summed E-state index contributed by atoms with van der Waals surface area (Å²) in [5.74, 6) is 1.19. The molecule has 2 fully saturated rings. The third-order valence-corrected chi connectivity index (χ3v) is 5.29. The number of carbonyl (C=O) groups excluding carboxylic acids is 1. The van der Waals surface area contributed by atoms with Crippen LogP contribution in [0.3, 0.4) is 0 Å². The highest BCUT2D eigenvalue weighted by atomic mass is 32.1. The van der Waals surface area contributed by atoms with E-state index in [-0.39, 0.29) is 5.78 Å². The molecule has 2 aliphatic rings. The molecule has 2 aromatic rings. The first-order chi connectivity index (χ1) is 10.8. The van der Waals surface area contributed by atoms with Crippen molar-refractivity contribution in [2.45, 2.75) is 25.7 Å². The Labute approximate surface area is 136 Å². The first-order valence-corrected chi connectivity index (χ1v) is 8.99. The van der Waals surface area contributed by atoms with E-state index in [1.54, 1.807) is 0 Å². The lowest BCUT2D eigenvalue weighted by molar-refractivity contribution is -0.113. The molecule has 0 saturated heterocycles. The minimum atomic E-state index is 0.143. The molecule has 2 aliphatic carbocycles. The maximum atomic E-state index is 12.9. The molecule has 0 amide bonds. The number of ketones is 1. The number of aromatic nitrogens is 4. The zero-order valence-electron chi connectivity index (χ0n) is 11.8. The van der Waals surface area contributed by atoms with E-state index in [0.29, 0.717) is 11.8 Å². The van der Waals surface area contributed by atoms with Crippen LogP contribution < -0.4 is 0 Å². The van der Waals surface area contributed by atoms with Crippen LogP contribution in [0.5, 0.6) is 0 Å². The van der Waals surface area contributed by atoms with Crippen molar-refractivity contribution in [3.8, 4) is 0 Å². The summed E-state index contributed by atoms with van der Waals surface area (Å²) in [6, 6.07) is 0. The second-order valence-corrected chi connectivity index (χ2v) is 6.96. The Balaban J connectivity index is 1.68. The number of hydrogen-bond acceptors (Lipinski definition) is 7. The van der Waals surface area contributed by atoms with Crippen LogP contribution in [0.1, 0.15) is 37.1 Å². The molecule has 2 aromatic heterocycles. The third kappa shape index (κ3) is 2.78. The summed E-state index contributed by atoms with van der Waals surface area (Å²) in [4.78, 5) is 12.9. The Morgan fingerprint density at radius 3 is 2.27 bits per heavy atom. The normalized spacial score (nSPS) is 26.0. The van der Waals surface area contributed by atoms with Gasteiger partial charge in [0.25, 0.3) is 0 Å². The van der Waals surface area contributed by atoms with Crippen molar-refractivity contribution in [3.63, 3.8) is 0 Å². The summed E-state index contributed by atoms with van der Waals surface area (Å²) >= 11 is 2.61. The van der Waals surface area contributed by atoms with Gasteiger partial charge in [-0.15, -0.1) is 10.2 Å². The van der Waals surface area contributed by atoms with E-state index in [4.69, 9.17) is 0 Å². The van der Waals surface area contributed by atoms with Crippen molar-refractivity contribution in [1.82, 2.24) is 19.2 Å². The molecule has 22 heavy (non-hydrogen) atoms. The lowest BCUT2D eigenvalue weighted by Crippen LogP contribution is -2.23. The number of allylic oxidation sites excluding steroid dienone is 2. The minimum absolute atomic E-state index is 0.143. The SMILES string of the molecule is O=C1/C(=C\c2csnn2)[C@@H](C2CC2)CC/C1=C\c1csnn1. The van der Waals surface area contributed by atoms with E-state index < -0.39 is 0 Å². The first-order valence-electron chi connectivity index (χ1n) is 7.32. The summed E-state index contributed by atoms with van der Waals surface area (Å²) in [7, 11) is 0. The van der Waals surface area contributed by atoms with E-state index in [1.165, 1.54) is 35.9 Å². The van der Waals surface area contributed by atoms with Gasteiger partial charge >= 0.3 is 0 Å². The molecule has 0 unspecified atom stereocenters. The van der Waals surface area contributed by atoms with Gasteiger partial charge < -0.3 is 0 Å². The average molecular weight is 330 g/mol. The van der Waals surface area contributed by atoms with Gasteiger partial charge in [0.2, 0.25) is 0 Å². The van der Waals surface area contributed by atoms with Gasteiger partial charge in [-0.25, -0.2) is 0 Å². The minimum Gasteiger partial charge on any atom is -0.289 e. The van der Waals surface area contributed by atoms with E-state index >= 15 is 0 Å². The summed E-state index contributed by atoms with van der Waals surface area (Å²) < 4.78 is 7.73. The molecule has 0 N–H and O–H groups in total. The van der Waals surface area contributed by atoms with Gasteiger partial charge in [-0.2, -0.15) is 0 Å². The Morgan fingerprint density at radius 2 is 1.68 bits per heavy atom. The van der Waals surface area contributed by atoms with Gasteiger partial charge in [-0.3, -0.25) is 4.79 Å². The van der Waals surface area contributed by atoms with Crippen LogP contribution in [0, 0.1) is 11.8 Å². The van der Waals surface area contributed by atoms with Gasteiger partial charge in [-0.05, 0) is 72.7 Å². The number of Topliss-reactive ketones (excluding diaryl/α,β-unsaturated/α-hetero) is 1. The van der Waals surface area contributed by atoms with E-state index in [2.05, 4.69) is 19.2 Å². The predicted octanol–water partition coefficient (Wildman–Crippen LogP) is 3.25. The van der Waals surface area contributed by atoms with Crippen LogP contribution in [0.15, 0.2) is 21.9 Å². The van der Waals surface area contributed by atoms with Gasteiger partial charge in [-0.1, -0.05) is 8.98 Å². The highest BCUT2D eigenvalue weighted by Crippen LogP contribution is 2.47. The smallest absolute Gasteiger partial charge is 0.185 e.